The van der Waals surface area contributed by atoms with Crippen LogP contribution in [0.2, 0.25) is 0 Å². The quantitative estimate of drug-likeness (QED) is 0.649. The lowest BCUT2D eigenvalue weighted by molar-refractivity contribution is 0.603. The van der Waals surface area contributed by atoms with Crippen molar-refractivity contribution in [2.24, 2.45) is 0 Å². The van der Waals surface area contributed by atoms with Gasteiger partial charge in [0, 0.05) is 10.6 Å². The van der Waals surface area contributed by atoms with E-state index >= 15 is 0 Å². The molecule has 0 atom stereocenters. The number of nitrogens with zero attached hydrogens (tertiary/aromatic N) is 2. The number of anilines is 3. The van der Waals surface area contributed by atoms with Gasteiger partial charge in [-0.25, -0.2) is 8.42 Å². The maximum Gasteiger partial charge on any atom is 0.272 e. The van der Waals surface area contributed by atoms with Gasteiger partial charge < -0.3 is 5.32 Å². The molecule has 0 aliphatic carbocycles. The van der Waals surface area contributed by atoms with Crippen molar-refractivity contribution < 1.29 is 8.42 Å². The first-order valence-electron chi connectivity index (χ1n) is 8.14. The molecule has 26 heavy (non-hydrogen) atoms. The van der Waals surface area contributed by atoms with Crippen molar-refractivity contribution in [1.29, 1.82) is 0 Å². The Morgan fingerprint density at radius 1 is 0.962 bits per heavy atom. The molecule has 2 aromatic heterocycles. The van der Waals surface area contributed by atoms with Crippen LogP contribution in [0.5, 0.6) is 0 Å². The largest absolute Gasteiger partial charge is 0.338 e. The minimum absolute atomic E-state index is 0.179. The van der Waals surface area contributed by atoms with Crippen molar-refractivity contribution in [3.8, 4) is 0 Å². The van der Waals surface area contributed by atoms with E-state index in [0.717, 1.165) is 10.6 Å². The van der Waals surface area contributed by atoms with Crippen LogP contribution < -0.4 is 10.0 Å². The van der Waals surface area contributed by atoms with Gasteiger partial charge in [-0.2, -0.15) is 0 Å². The molecule has 3 aromatic rings. The van der Waals surface area contributed by atoms with Gasteiger partial charge in [0.15, 0.2) is 11.6 Å². The Bertz CT molecular complexity index is 996. The predicted molar refractivity (Wildman–Crippen MR) is 106 cm³/mol. The van der Waals surface area contributed by atoms with E-state index in [9.17, 15) is 8.42 Å². The zero-order valence-corrected chi connectivity index (χ0v) is 16.4. The number of aryl methyl sites for hydroxylation is 1. The fourth-order valence-electron chi connectivity index (χ4n) is 2.45. The normalized spacial score (nSPS) is 11.5. The molecule has 1 aromatic carbocycles. The molecule has 0 saturated carbocycles. The highest BCUT2D eigenvalue weighted by Gasteiger charge is 2.17. The standard InChI is InChI=1S/C18H20N4O2S2/c1-12(2)14-6-4-5-7-15(14)19-16-9-10-17(21-20-16)22-26(23,24)18-11-8-13(3)25-18/h4-12H,1-3H3,(H,19,20)(H,21,22). The van der Waals surface area contributed by atoms with Crippen LogP contribution in [0.4, 0.5) is 17.3 Å². The maximum atomic E-state index is 12.3. The molecule has 136 valence electrons. The number of para-hydroxylation sites is 1. The van der Waals surface area contributed by atoms with Crippen LogP contribution in [0.1, 0.15) is 30.2 Å². The van der Waals surface area contributed by atoms with Crippen molar-refractivity contribution in [1.82, 2.24) is 10.2 Å². The van der Waals surface area contributed by atoms with Crippen molar-refractivity contribution >= 4 is 38.7 Å². The topological polar surface area (TPSA) is 84.0 Å². The second-order valence-electron chi connectivity index (χ2n) is 6.14. The van der Waals surface area contributed by atoms with Gasteiger partial charge in [-0.1, -0.05) is 32.0 Å². The van der Waals surface area contributed by atoms with E-state index in [1.807, 2.05) is 25.1 Å². The average molecular weight is 389 g/mol. The summed E-state index contributed by atoms with van der Waals surface area (Å²) in [6.07, 6.45) is 0. The zero-order chi connectivity index (χ0) is 18.7. The third kappa shape index (κ3) is 4.20. The Labute approximate surface area is 157 Å². The zero-order valence-electron chi connectivity index (χ0n) is 14.7. The highest BCUT2D eigenvalue weighted by molar-refractivity contribution is 7.94. The summed E-state index contributed by atoms with van der Waals surface area (Å²) in [6.45, 7) is 6.10. The second-order valence-corrected chi connectivity index (χ2v) is 9.34. The number of aromatic nitrogens is 2. The van der Waals surface area contributed by atoms with Gasteiger partial charge in [0.05, 0.1) is 0 Å². The van der Waals surface area contributed by atoms with E-state index in [1.54, 1.807) is 24.3 Å². The maximum absolute atomic E-state index is 12.3. The smallest absolute Gasteiger partial charge is 0.272 e. The van der Waals surface area contributed by atoms with Crippen LogP contribution in [0.15, 0.2) is 52.7 Å². The van der Waals surface area contributed by atoms with E-state index in [4.69, 9.17) is 0 Å². The third-order valence-corrected chi connectivity index (χ3v) is 6.58. The van der Waals surface area contributed by atoms with Gasteiger partial charge in [-0.15, -0.1) is 21.5 Å². The SMILES string of the molecule is Cc1ccc(S(=O)(=O)Nc2ccc(Nc3ccccc3C(C)C)nn2)s1. The summed E-state index contributed by atoms with van der Waals surface area (Å²) in [7, 11) is -3.64. The van der Waals surface area contributed by atoms with E-state index in [-0.39, 0.29) is 10.0 Å². The molecule has 0 unspecified atom stereocenters. The third-order valence-electron chi connectivity index (χ3n) is 3.73. The summed E-state index contributed by atoms with van der Waals surface area (Å²) in [4.78, 5) is 0.930. The molecular weight excluding hydrogens is 368 g/mol. The number of sulfonamides is 1. The number of rotatable bonds is 6. The lowest BCUT2D eigenvalue weighted by atomic mass is 10.0. The van der Waals surface area contributed by atoms with Gasteiger partial charge in [-0.05, 0) is 48.7 Å². The minimum atomic E-state index is -3.64. The lowest BCUT2D eigenvalue weighted by Gasteiger charge is -2.13. The first-order valence-corrected chi connectivity index (χ1v) is 10.4. The molecule has 0 aliphatic rings. The Morgan fingerprint density at radius 2 is 1.65 bits per heavy atom. The number of hydrogen-bond donors (Lipinski definition) is 2. The van der Waals surface area contributed by atoms with Gasteiger partial charge in [0.25, 0.3) is 10.0 Å². The van der Waals surface area contributed by atoms with Crippen LogP contribution in [0.3, 0.4) is 0 Å². The van der Waals surface area contributed by atoms with Crippen molar-refractivity contribution in [3.05, 3.63) is 59.0 Å². The lowest BCUT2D eigenvalue weighted by Crippen LogP contribution is -2.13. The predicted octanol–water partition coefficient (Wildman–Crippen LogP) is 4.51. The van der Waals surface area contributed by atoms with E-state index in [0.29, 0.717) is 11.7 Å². The van der Waals surface area contributed by atoms with Gasteiger partial charge in [0.2, 0.25) is 0 Å². The summed E-state index contributed by atoms with van der Waals surface area (Å²) in [5, 5.41) is 11.3. The molecule has 3 rings (SSSR count). The molecular formula is C18H20N4O2S2. The van der Waals surface area contributed by atoms with Crippen LogP contribution in [0, 0.1) is 6.92 Å². The second kappa shape index (κ2) is 7.43. The molecule has 2 N–H and O–H groups in total. The molecule has 0 saturated heterocycles. The molecule has 0 radical (unpaired) electrons. The Balaban J connectivity index is 1.75. The molecule has 0 bridgehead atoms. The summed E-state index contributed by atoms with van der Waals surface area (Å²) < 4.78 is 27.4. The van der Waals surface area contributed by atoms with E-state index in [2.05, 4.69) is 40.2 Å². The Morgan fingerprint density at radius 3 is 2.27 bits per heavy atom. The molecule has 0 spiro atoms. The number of hydrogen-bond acceptors (Lipinski definition) is 6. The van der Waals surface area contributed by atoms with Crippen LogP contribution in [-0.4, -0.2) is 18.6 Å². The van der Waals surface area contributed by atoms with Gasteiger partial charge in [0.1, 0.15) is 4.21 Å². The Kier molecular flexibility index (Phi) is 5.24. The Hall–Kier alpha value is -2.45. The monoisotopic (exact) mass is 388 g/mol. The van der Waals surface area contributed by atoms with Crippen molar-refractivity contribution in [3.63, 3.8) is 0 Å². The molecule has 6 nitrogen and oxygen atoms in total. The van der Waals surface area contributed by atoms with Gasteiger partial charge >= 0.3 is 0 Å². The van der Waals surface area contributed by atoms with Gasteiger partial charge in [-0.3, -0.25) is 4.72 Å². The number of nitrogens with one attached hydrogen (secondary N) is 2. The molecule has 2 heterocycles. The fourth-order valence-corrected chi connectivity index (χ4v) is 4.73. The summed E-state index contributed by atoms with van der Waals surface area (Å²) in [5.41, 5.74) is 2.13. The van der Waals surface area contributed by atoms with Crippen LogP contribution in [0.25, 0.3) is 0 Å². The highest BCUT2D eigenvalue weighted by Crippen LogP contribution is 2.26. The minimum Gasteiger partial charge on any atom is -0.338 e. The summed E-state index contributed by atoms with van der Waals surface area (Å²) in [5.74, 6) is 1.10. The first-order chi connectivity index (χ1) is 12.3. The van der Waals surface area contributed by atoms with Crippen molar-refractivity contribution in [2.45, 2.75) is 30.9 Å². The van der Waals surface area contributed by atoms with E-state index in [1.165, 1.54) is 16.9 Å². The van der Waals surface area contributed by atoms with E-state index < -0.39 is 10.0 Å². The number of benzene rings is 1. The number of thiophene rings is 1. The fraction of sp³-hybridized carbons (Fsp3) is 0.222. The average Bonchev–Trinajstić information content (AvgIpc) is 3.04. The van der Waals surface area contributed by atoms with Crippen LogP contribution in [-0.2, 0) is 10.0 Å². The van der Waals surface area contributed by atoms with Crippen LogP contribution >= 0.6 is 11.3 Å². The summed E-state index contributed by atoms with van der Waals surface area (Å²) in [6, 6.07) is 14.6. The first kappa shape index (κ1) is 18.3. The van der Waals surface area contributed by atoms with Crippen molar-refractivity contribution in [2.75, 3.05) is 10.0 Å². The highest BCUT2D eigenvalue weighted by atomic mass is 32.2. The molecule has 0 fully saturated rings. The summed E-state index contributed by atoms with van der Waals surface area (Å²) >= 11 is 1.21. The molecule has 0 aliphatic heterocycles. The molecule has 8 heteroatoms. The molecule has 0 amide bonds.